The summed E-state index contributed by atoms with van der Waals surface area (Å²) < 4.78 is 33.2. The number of amides is 1. The Hall–Kier alpha value is -0.900. The maximum absolute atomic E-state index is 13.1. The zero-order valence-electron chi connectivity index (χ0n) is 18.8. The first kappa shape index (κ1) is 23.8. The van der Waals surface area contributed by atoms with Crippen LogP contribution in [0, 0.1) is 5.92 Å². The van der Waals surface area contributed by atoms with Crippen LogP contribution in [0.15, 0.2) is 0 Å². The minimum atomic E-state index is -3.21. The van der Waals surface area contributed by atoms with Gasteiger partial charge in [-0.1, -0.05) is 0 Å². The molecule has 3 saturated heterocycles. The summed E-state index contributed by atoms with van der Waals surface area (Å²) in [6.07, 6.45) is 5.78. The number of nitrogens with one attached hydrogen (secondary N) is 1. The van der Waals surface area contributed by atoms with Crippen LogP contribution in [0.3, 0.4) is 0 Å². The Morgan fingerprint density at radius 3 is 2.27 bits per heavy atom. The molecule has 3 heterocycles. The molecule has 3 N–H and O–H groups in total. The predicted molar refractivity (Wildman–Crippen MR) is 118 cm³/mol. The molecule has 3 rings (SSSR count). The van der Waals surface area contributed by atoms with E-state index >= 15 is 0 Å². The number of hydrogen-bond acceptors (Lipinski definition) is 6. The maximum Gasteiger partial charge on any atom is 0.407 e. The van der Waals surface area contributed by atoms with E-state index in [9.17, 15) is 13.2 Å². The van der Waals surface area contributed by atoms with Crippen molar-refractivity contribution in [3.05, 3.63) is 0 Å². The number of carbonyl (C=O) groups excluding carboxylic acids is 1. The van der Waals surface area contributed by atoms with Crippen molar-refractivity contribution in [3.8, 4) is 0 Å². The van der Waals surface area contributed by atoms with Gasteiger partial charge in [0.2, 0.25) is 10.0 Å². The fourth-order valence-electron chi connectivity index (χ4n) is 5.19. The van der Waals surface area contributed by atoms with Crippen LogP contribution in [0.25, 0.3) is 0 Å². The monoisotopic (exact) mass is 444 g/mol. The molecule has 30 heavy (non-hydrogen) atoms. The third-order valence-corrected chi connectivity index (χ3v) is 8.64. The number of rotatable bonds is 7. The van der Waals surface area contributed by atoms with E-state index in [1.165, 1.54) is 0 Å². The summed E-state index contributed by atoms with van der Waals surface area (Å²) in [5.74, 6) is 0.508. The number of likely N-dealkylation sites (tertiary alicyclic amines) is 1. The molecule has 2 bridgehead atoms. The molecule has 0 radical (unpaired) electrons. The van der Waals surface area contributed by atoms with Gasteiger partial charge in [-0.2, -0.15) is 4.31 Å². The second-order valence-corrected chi connectivity index (χ2v) is 12.3. The van der Waals surface area contributed by atoms with Crippen LogP contribution in [-0.2, 0) is 14.8 Å². The predicted octanol–water partition coefficient (Wildman–Crippen LogP) is 1.90. The molecule has 174 valence electrons. The van der Waals surface area contributed by atoms with Crippen LogP contribution in [-0.4, -0.2) is 79.4 Å². The standard InChI is InChI=1S/C21H40N4O4S/c1-21(2,3)23-20(26)29-12-4-9-24-10-7-16(8-11-24)15-30(27,28)25-18-5-6-19(25)14-17(22)13-18/h16-19H,4-15,22H2,1-3H3,(H,23,26). The number of fused-ring (bicyclic) bond motifs is 2. The zero-order chi connectivity index (χ0) is 21.9. The van der Waals surface area contributed by atoms with Gasteiger partial charge >= 0.3 is 6.09 Å². The van der Waals surface area contributed by atoms with Crippen molar-refractivity contribution in [2.45, 2.75) is 89.4 Å². The molecule has 9 heteroatoms. The maximum atomic E-state index is 13.1. The number of piperidine rings is 2. The van der Waals surface area contributed by atoms with Gasteiger partial charge in [0.05, 0.1) is 12.4 Å². The first-order chi connectivity index (χ1) is 14.0. The van der Waals surface area contributed by atoms with Gasteiger partial charge in [0.1, 0.15) is 0 Å². The van der Waals surface area contributed by atoms with E-state index in [0.717, 1.165) is 64.6 Å². The lowest BCUT2D eigenvalue weighted by atomic mass is 9.99. The van der Waals surface area contributed by atoms with Crippen molar-refractivity contribution < 1.29 is 17.9 Å². The third-order valence-electron chi connectivity index (χ3n) is 6.51. The molecule has 0 saturated carbocycles. The molecular formula is C21H40N4O4S. The summed E-state index contributed by atoms with van der Waals surface area (Å²) >= 11 is 0. The fraction of sp³-hybridized carbons (Fsp3) is 0.952. The number of nitrogens with two attached hydrogens (primary N) is 1. The lowest BCUT2D eigenvalue weighted by molar-refractivity contribution is 0.125. The number of hydrogen-bond donors (Lipinski definition) is 2. The summed E-state index contributed by atoms with van der Waals surface area (Å²) in [6.45, 7) is 8.85. The van der Waals surface area contributed by atoms with Crippen molar-refractivity contribution in [1.29, 1.82) is 0 Å². The zero-order valence-corrected chi connectivity index (χ0v) is 19.6. The minimum Gasteiger partial charge on any atom is -0.450 e. The van der Waals surface area contributed by atoms with E-state index in [1.54, 1.807) is 0 Å². The lowest BCUT2D eigenvalue weighted by Gasteiger charge is -2.38. The first-order valence-electron chi connectivity index (χ1n) is 11.5. The van der Waals surface area contributed by atoms with Gasteiger partial charge in [0.15, 0.2) is 0 Å². The van der Waals surface area contributed by atoms with Gasteiger partial charge in [-0.05, 0) is 84.7 Å². The minimum absolute atomic E-state index is 0.124. The molecule has 3 aliphatic heterocycles. The van der Waals surface area contributed by atoms with Gasteiger partial charge < -0.3 is 20.7 Å². The van der Waals surface area contributed by atoms with Crippen molar-refractivity contribution in [3.63, 3.8) is 0 Å². The number of sulfonamides is 1. The Labute approximate surface area is 181 Å². The number of ether oxygens (including phenoxy) is 1. The average Bonchev–Trinajstić information content (AvgIpc) is 2.91. The number of nitrogens with zero attached hydrogens (tertiary/aromatic N) is 2. The molecular weight excluding hydrogens is 404 g/mol. The van der Waals surface area contributed by atoms with E-state index in [4.69, 9.17) is 10.5 Å². The molecule has 8 nitrogen and oxygen atoms in total. The Morgan fingerprint density at radius 1 is 1.10 bits per heavy atom. The SMILES string of the molecule is CC(C)(C)NC(=O)OCCCN1CCC(CS(=O)(=O)N2C3CCC2CC(N)C3)CC1. The van der Waals surface area contributed by atoms with Crippen LogP contribution in [0.2, 0.25) is 0 Å². The normalized spacial score (nSPS) is 29.1. The molecule has 0 aliphatic carbocycles. The van der Waals surface area contributed by atoms with Gasteiger partial charge in [-0.15, -0.1) is 0 Å². The number of alkyl carbamates (subject to hydrolysis) is 1. The fourth-order valence-corrected chi connectivity index (χ4v) is 7.58. The molecule has 1 amide bonds. The quantitative estimate of drug-likeness (QED) is 0.581. The van der Waals surface area contributed by atoms with Crippen LogP contribution < -0.4 is 11.1 Å². The lowest BCUT2D eigenvalue weighted by Crippen LogP contribution is -2.51. The van der Waals surface area contributed by atoms with E-state index < -0.39 is 10.0 Å². The Morgan fingerprint density at radius 2 is 1.70 bits per heavy atom. The molecule has 0 aromatic carbocycles. The van der Waals surface area contributed by atoms with Crippen LogP contribution >= 0.6 is 0 Å². The second kappa shape index (κ2) is 9.71. The summed E-state index contributed by atoms with van der Waals surface area (Å²) in [6, 6.07) is 0.402. The summed E-state index contributed by atoms with van der Waals surface area (Å²) in [4.78, 5) is 14.0. The molecule has 0 aromatic heterocycles. The van der Waals surface area contributed by atoms with E-state index in [0.29, 0.717) is 6.61 Å². The van der Waals surface area contributed by atoms with Crippen LogP contribution in [0.5, 0.6) is 0 Å². The molecule has 2 atom stereocenters. The van der Waals surface area contributed by atoms with Crippen LogP contribution in [0.1, 0.15) is 65.7 Å². The Balaban J connectivity index is 1.35. The Kier molecular flexibility index (Phi) is 7.69. The topological polar surface area (TPSA) is 105 Å². The van der Waals surface area contributed by atoms with Crippen molar-refractivity contribution in [1.82, 2.24) is 14.5 Å². The molecule has 3 aliphatic rings. The smallest absolute Gasteiger partial charge is 0.407 e. The van der Waals surface area contributed by atoms with Gasteiger partial charge in [-0.25, -0.2) is 13.2 Å². The van der Waals surface area contributed by atoms with Crippen LogP contribution in [0.4, 0.5) is 4.79 Å². The third kappa shape index (κ3) is 6.55. The highest BCUT2D eigenvalue weighted by Crippen LogP contribution is 2.38. The second-order valence-electron chi connectivity index (χ2n) is 10.4. The number of carbonyl (C=O) groups is 1. The molecule has 0 aromatic rings. The highest BCUT2D eigenvalue weighted by Gasteiger charge is 2.46. The van der Waals surface area contributed by atoms with Crippen molar-refractivity contribution in [2.24, 2.45) is 11.7 Å². The molecule has 2 unspecified atom stereocenters. The van der Waals surface area contributed by atoms with Gasteiger partial charge in [-0.3, -0.25) is 0 Å². The highest BCUT2D eigenvalue weighted by molar-refractivity contribution is 7.89. The average molecular weight is 445 g/mol. The Bertz CT molecular complexity index is 672. The summed E-state index contributed by atoms with van der Waals surface area (Å²) in [5.41, 5.74) is 5.80. The summed E-state index contributed by atoms with van der Waals surface area (Å²) in [7, 11) is -3.21. The van der Waals surface area contributed by atoms with Crippen molar-refractivity contribution in [2.75, 3.05) is 32.0 Å². The van der Waals surface area contributed by atoms with Crippen molar-refractivity contribution >= 4 is 16.1 Å². The van der Waals surface area contributed by atoms with E-state index in [-0.39, 0.29) is 41.4 Å². The first-order valence-corrected chi connectivity index (χ1v) is 13.1. The van der Waals surface area contributed by atoms with E-state index in [2.05, 4.69) is 10.2 Å². The molecule has 0 spiro atoms. The summed E-state index contributed by atoms with van der Waals surface area (Å²) in [5, 5.41) is 2.78. The van der Waals surface area contributed by atoms with Gasteiger partial charge in [0.25, 0.3) is 0 Å². The molecule has 3 fully saturated rings. The van der Waals surface area contributed by atoms with Gasteiger partial charge in [0, 0.05) is 30.2 Å². The highest BCUT2D eigenvalue weighted by atomic mass is 32.2. The largest absolute Gasteiger partial charge is 0.450 e. The van der Waals surface area contributed by atoms with E-state index in [1.807, 2.05) is 25.1 Å².